The van der Waals surface area contributed by atoms with Crippen LogP contribution in [0.4, 0.5) is 11.4 Å². The van der Waals surface area contributed by atoms with Crippen LogP contribution < -0.4 is 16.8 Å². The van der Waals surface area contributed by atoms with Crippen LogP contribution >= 0.6 is 0 Å². The maximum atomic E-state index is 13.1. The topological polar surface area (TPSA) is 119 Å². The highest BCUT2D eigenvalue weighted by Gasteiger charge is 2.27. The van der Waals surface area contributed by atoms with Gasteiger partial charge < -0.3 is 21.7 Å². The van der Waals surface area contributed by atoms with E-state index in [2.05, 4.69) is 10.00 Å². The summed E-state index contributed by atoms with van der Waals surface area (Å²) in [4.78, 5) is 27.9. The molecule has 8 nitrogen and oxygen atoms in total. The number of benzene rings is 2. The zero-order chi connectivity index (χ0) is 23.8. The molecule has 2 fully saturated rings. The Labute approximate surface area is 206 Å². The Morgan fingerprint density at radius 2 is 1.69 bits per heavy atom. The first-order chi connectivity index (χ1) is 16.4. The highest BCUT2D eigenvalue weighted by molar-refractivity contribution is 5.99. The van der Waals surface area contributed by atoms with Crippen LogP contribution in [-0.2, 0) is 0 Å². The predicted molar refractivity (Wildman–Crippen MR) is 140 cm³/mol. The fraction of sp³-hybridized carbons (Fsp3) is 0.444. The van der Waals surface area contributed by atoms with Crippen molar-refractivity contribution >= 4 is 34.1 Å². The van der Waals surface area contributed by atoms with Crippen molar-refractivity contribution < 1.29 is 9.59 Å². The highest BCUT2D eigenvalue weighted by atomic mass is 16.2. The van der Waals surface area contributed by atoms with Gasteiger partial charge in [-0.15, -0.1) is 0 Å². The first-order valence-corrected chi connectivity index (χ1v) is 12.1. The molecule has 1 aliphatic carbocycles. The van der Waals surface area contributed by atoms with Crippen molar-refractivity contribution in [3.05, 3.63) is 53.2 Å². The molecule has 35 heavy (non-hydrogen) atoms. The molecular formula is C27H36N6O2. The Bertz CT molecular complexity index is 1220. The van der Waals surface area contributed by atoms with E-state index in [1.165, 1.54) is 12.8 Å². The summed E-state index contributed by atoms with van der Waals surface area (Å²) in [6, 6.07) is 11.1. The number of nitrogens with one attached hydrogen (secondary N) is 1. The van der Waals surface area contributed by atoms with Crippen molar-refractivity contribution in [2.45, 2.75) is 65.0 Å². The molecule has 0 spiro atoms. The lowest BCUT2D eigenvalue weighted by Crippen LogP contribution is -2.49. The molecule has 1 saturated carbocycles. The second-order valence-corrected chi connectivity index (χ2v) is 9.65. The van der Waals surface area contributed by atoms with Gasteiger partial charge in [0.05, 0.1) is 17.3 Å². The van der Waals surface area contributed by atoms with E-state index < -0.39 is 0 Å². The van der Waals surface area contributed by atoms with Crippen LogP contribution in [-0.4, -0.2) is 45.6 Å². The number of hydrogen-bond acceptors (Lipinski definition) is 5. The first-order valence-electron chi connectivity index (χ1n) is 12.1. The summed E-state index contributed by atoms with van der Waals surface area (Å²) in [5, 5.41) is 8.94. The number of carbonyl (C=O) groups excluding carboxylic acids is 2. The number of piperidine rings is 1. The summed E-state index contributed by atoms with van der Waals surface area (Å²) >= 11 is 0. The third-order valence-corrected chi connectivity index (χ3v) is 7.09. The van der Waals surface area contributed by atoms with Crippen LogP contribution in [0.1, 0.15) is 78.4 Å². The first kappa shape index (κ1) is 24.6. The van der Waals surface area contributed by atoms with Crippen LogP contribution in [0.3, 0.4) is 0 Å². The molecule has 1 aliphatic heterocycles. The molecule has 8 heteroatoms. The molecule has 5 N–H and O–H groups in total. The van der Waals surface area contributed by atoms with Crippen molar-refractivity contribution in [1.29, 1.82) is 0 Å². The average molecular weight is 477 g/mol. The molecule has 186 valence electrons. The number of amides is 2. The van der Waals surface area contributed by atoms with Crippen LogP contribution in [0.15, 0.2) is 36.4 Å². The fourth-order valence-electron chi connectivity index (χ4n) is 5.39. The van der Waals surface area contributed by atoms with E-state index in [0.717, 1.165) is 42.3 Å². The minimum atomic E-state index is -0.123. The van der Waals surface area contributed by atoms with Crippen molar-refractivity contribution in [3.8, 4) is 0 Å². The molecule has 3 aromatic rings. The van der Waals surface area contributed by atoms with E-state index >= 15 is 0 Å². The van der Waals surface area contributed by atoms with Gasteiger partial charge in [-0.1, -0.05) is 20.3 Å². The molecule has 0 bridgehead atoms. The number of nitrogens with zero attached hydrogens (tertiary/aromatic N) is 3. The maximum absolute atomic E-state index is 13.1. The van der Waals surface area contributed by atoms with E-state index in [1.54, 1.807) is 23.1 Å². The molecule has 1 saturated heterocycles. The van der Waals surface area contributed by atoms with Crippen LogP contribution in [0.25, 0.3) is 10.9 Å². The number of nitrogens with two attached hydrogens (primary N) is 2. The molecule has 5 rings (SSSR count). The molecule has 2 aromatic carbocycles. The average Bonchev–Trinajstić information content (AvgIpc) is 3.46. The summed E-state index contributed by atoms with van der Waals surface area (Å²) < 4.78 is 2.15. The van der Waals surface area contributed by atoms with Gasteiger partial charge in [0.25, 0.3) is 11.8 Å². The second kappa shape index (κ2) is 9.98. The standard InChI is InChI=1S/C26H32N6O2.CH4/c1-16-23-13-17(8-9-24(23)32(30-16)22-6-2-3-7-22)25(33)29-21-5-4-10-31(15-21)26(34)18-11-19(27)14-20(28)12-18;/h8-9,11-14,21-22H,2-7,10,15,27-28H2,1H3,(H,29,33);1H4. The van der Waals surface area contributed by atoms with Gasteiger partial charge in [0.15, 0.2) is 0 Å². The minimum absolute atomic E-state index is 0. The second-order valence-electron chi connectivity index (χ2n) is 9.65. The maximum Gasteiger partial charge on any atom is 0.254 e. The van der Waals surface area contributed by atoms with Gasteiger partial charge in [-0.2, -0.15) is 5.10 Å². The largest absolute Gasteiger partial charge is 0.399 e. The Hall–Kier alpha value is -3.55. The lowest BCUT2D eigenvalue weighted by atomic mass is 10.0. The summed E-state index contributed by atoms with van der Waals surface area (Å²) in [7, 11) is 0. The van der Waals surface area contributed by atoms with Gasteiger partial charge in [-0.05, 0) is 69.0 Å². The van der Waals surface area contributed by atoms with Gasteiger partial charge in [-0.25, -0.2) is 0 Å². The van der Waals surface area contributed by atoms with Crippen molar-refractivity contribution in [2.75, 3.05) is 24.6 Å². The number of rotatable bonds is 4. The van der Waals surface area contributed by atoms with Gasteiger partial charge in [0, 0.05) is 47.0 Å². The highest BCUT2D eigenvalue weighted by Crippen LogP contribution is 2.33. The number of carbonyl (C=O) groups is 2. The summed E-state index contributed by atoms with van der Waals surface area (Å²) in [5.74, 6) is -0.239. The number of nitrogen functional groups attached to an aromatic ring is 2. The van der Waals surface area contributed by atoms with Crippen LogP contribution in [0.2, 0.25) is 0 Å². The van der Waals surface area contributed by atoms with Crippen molar-refractivity contribution in [2.24, 2.45) is 0 Å². The summed E-state index contributed by atoms with van der Waals surface area (Å²) in [5.41, 5.74) is 15.8. The number of anilines is 2. The molecule has 2 amide bonds. The summed E-state index contributed by atoms with van der Waals surface area (Å²) in [6.45, 7) is 3.11. The number of hydrogen-bond donors (Lipinski definition) is 3. The molecule has 0 radical (unpaired) electrons. The number of aromatic nitrogens is 2. The summed E-state index contributed by atoms with van der Waals surface area (Å²) in [6.07, 6.45) is 6.47. The molecule has 1 atom stereocenters. The van der Waals surface area contributed by atoms with Gasteiger partial charge >= 0.3 is 0 Å². The van der Waals surface area contributed by atoms with Gasteiger partial charge in [0.2, 0.25) is 0 Å². The normalized spacial score (nSPS) is 18.4. The van der Waals surface area contributed by atoms with Crippen molar-refractivity contribution in [3.63, 3.8) is 0 Å². The number of likely N-dealkylation sites (tertiary alicyclic amines) is 1. The molecule has 1 unspecified atom stereocenters. The third kappa shape index (κ3) is 4.97. The number of aryl methyl sites for hydroxylation is 1. The zero-order valence-corrected chi connectivity index (χ0v) is 19.6. The number of fused-ring (bicyclic) bond motifs is 1. The Morgan fingerprint density at radius 3 is 2.40 bits per heavy atom. The lowest BCUT2D eigenvalue weighted by molar-refractivity contribution is 0.0676. The van der Waals surface area contributed by atoms with Crippen molar-refractivity contribution in [1.82, 2.24) is 20.0 Å². The van der Waals surface area contributed by atoms with E-state index in [4.69, 9.17) is 16.6 Å². The molecule has 2 heterocycles. The monoisotopic (exact) mass is 476 g/mol. The van der Waals surface area contributed by atoms with E-state index in [9.17, 15) is 9.59 Å². The van der Waals surface area contributed by atoms with E-state index in [1.807, 2.05) is 25.1 Å². The van der Waals surface area contributed by atoms with Gasteiger partial charge in [-0.3, -0.25) is 14.3 Å². The predicted octanol–water partition coefficient (Wildman–Crippen LogP) is 4.29. The SMILES string of the molecule is C.Cc1nn(C2CCCC2)c2ccc(C(=O)NC3CCCN(C(=O)c4cc(N)cc(N)c4)C3)cc12. The zero-order valence-electron chi connectivity index (χ0n) is 19.6. The molecular weight excluding hydrogens is 440 g/mol. The quantitative estimate of drug-likeness (QED) is 0.485. The molecule has 1 aromatic heterocycles. The Balaban J connectivity index is 0.00000289. The Kier molecular flexibility index (Phi) is 7.00. The minimum Gasteiger partial charge on any atom is -0.399 e. The van der Waals surface area contributed by atoms with E-state index in [-0.39, 0.29) is 25.3 Å². The Morgan fingerprint density at radius 1 is 0.971 bits per heavy atom. The fourth-order valence-corrected chi connectivity index (χ4v) is 5.39. The third-order valence-electron chi connectivity index (χ3n) is 7.09. The van der Waals surface area contributed by atoms with Gasteiger partial charge in [0.1, 0.15) is 0 Å². The van der Waals surface area contributed by atoms with Crippen LogP contribution in [0.5, 0.6) is 0 Å². The van der Waals surface area contributed by atoms with E-state index in [0.29, 0.717) is 41.6 Å². The molecule has 2 aliphatic rings. The smallest absolute Gasteiger partial charge is 0.254 e. The lowest BCUT2D eigenvalue weighted by Gasteiger charge is -2.33. The van der Waals surface area contributed by atoms with Crippen LogP contribution in [0, 0.1) is 6.92 Å².